The normalized spacial score (nSPS) is 16.0. The Balaban J connectivity index is 1.89. The topological polar surface area (TPSA) is 34.1 Å². The summed E-state index contributed by atoms with van der Waals surface area (Å²) >= 11 is 0. The van der Waals surface area contributed by atoms with E-state index < -0.39 is 11.7 Å². The van der Waals surface area contributed by atoms with Crippen molar-refractivity contribution in [1.82, 2.24) is 4.98 Å². The maximum absolute atomic E-state index is 12.8. The predicted molar refractivity (Wildman–Crippen MR) is 87.1 cm³/mol. The van der Waals surface area contributed by atoms with Gasteiger partial charge in [-0.05, 0) is 50.6 Å². The van der Waals surface area contributed by atoms with Crippen molar-refractivity contribution in [3.8, 4) is 11.6 Å². The molecule has 3 nitrogen and oxygen atoms in total. The van der Waals surface area contributed by atoms with E-state index in [1.54, 1.807) is 6.07 Å². The minimum Gasteiger partial charge on any atom is -0.439 e. The largest absolute Gasteiger partial charge is 0.439 e. The summed E-state index contributed by atoms with van der Waals surface area (Å²) in [6.07, 6.45) is -2.35. The molecule has 3 rings (SSSR count). The Labute approximate surface area is 138 Å². The van der Waals surface area contributed by atoms with Gasteiger partial charge in [0.15, 0.2) is 0 Å². The highest BCUT2D eigenvalue weighted by atomic mass is 19.4. The summed E-state index contributed by atoms with van der Waals surface area (Å²) in [4.78, 5) is 4.41. The first kappa shape index (κ1) is 16.4. The van der Waals surface area contributed by atoms with Crippen LogP contribution in [0.3, 0.4) is 0 Å². The molecule has 0 saturated carbocycles. The number of fused-ring (bicyclic) bond motifs is 1. The van der Waals surface area contributed by atoms with Gasteiger partial charge in [0.1, 0.15) is 5.75 Å². The summed E-state index contributed by atoms with van der Waals surface area (Å²) in [5, 5.41) is 3.34. The first-order valence-electron chi connectivity index (χ1n) is 7.48. The van der Waals surface area contributed by atoms with Crippen molar-refractivity contribution < 1.29 is 17.9 Å². The molecule has 126 valence electrons. The van der Waals surface area contributed by atoms with Crippen molar-refractivity contribution in [2.45, 2.75) is 32.5 Å². The van der Waals surface area contributed by atoms with E-state index in [2.05, 4.69) is 16.4 Å². The highest BCUT2D eigenvalue weighted by molar-refractivity contribution is 5.77. The summed E-state index contributed by atoms with van der Waals surface area (Å²) in [6.45, 7) is 6.04. The summed E-state index contributed by atoms with van der Waals surface area (Å²) in [5.74, 6) is 0.352. The summed E-state index contributed by atoms with van der Waals surface area (Å²) in [5.41, 5.74) is 1.67. The quantitative estimate of drug-likeness (QED) is 0.787. The Morgan fingerprint density at radius 1 is 1.12 bits per heavy atom. The van der Waals surface area contributed by atoms with E-state index in [-0.39, 0.29) is 17.2 Å². The predicted octanol–water partition coefficient (Wildman–Crippen LogP) is 5.50. The minimum absolute atomic E-state index is 0.100. The number of nitrogens with one attached hydrogen (secondary N) is 1. The van der Waals surface area contributed by atoms with Crippen LogP contribution in [0.25, 0.3) is 5.57 Å². The van der Waals surface area contributed by atoms with Crippen LogP contribution in [0.4, 0.5) is 18.9 Å². The molecular formula is C18H17F3N2O. The van der Waals surface area contributed by atoms with E-state index in [0.717, 1.165) is 29.1 Å². The van der Waals surface area contributed by atoms with Gasteiger partial charge in [-0.2, -0.15) is 13.2 Å². The molecule has 0 radical (unpaired) electrons. The van der Waals surface area contributed by atoms with E-state index in [1.807, 2.05) is 26.8 Å². The average molecular weight is 334 g/mol. The molecule has 0 saturated heterocycles. The molecule has 0 unspecified atom stereocenters. The van der Waals surface area contributed by atoms with Gasteiger partial charge in [-0.15, -0.1) is 0 Å². The Bertz CT molecular complexity index is 810. The van der Waals surface area contributed by atoms with E-state index in [4.69, 9.17) is 4.74 Å². The van der Waals surface area contributed by atoms with E-state index in [9.17, 15) is 13.2 Å². The van der Waals surface area contributed by atoms with E-state index in [0.29, 0.717) is 0 Å². The Hall–Kier alpha value is -2.50. The SMILES string of the molecule is CC1=CC(C)(C)Nc2ccc(Oc3cccc(C(F)(F)F)c3)nc21. The van der Waals surface area contributed by atoms with Gasteiger partial charge < -0.3 is 10.1 Å². The van der Waals surface area contributed by atoms with Crippen LogP contribution in [-0.2, 0) is 6.18 Å². The van der Waals surface area contributed by atoms with Crippen molar-refractivity contribution in [3.05, 3.63) is 53.7 Å². The third kappa shape index (κ3) is 3.37. The molecule has 1 N–H and O–H groups in total. The van der Waals surface area contributed by atoms with Gasteiger partial charge in [0, 0.05) is 6.07 Å². The van der Waals surface area contributed by atoms with Gasteiger partial charge in [0.05, 0.1) is 22.5 Å². The second-order valence-electron chi connectivity index (χ2n) is 6.35. The van der Waals surface area contributed by atoms with Gasteiger partial charge >= 0.3 is 6.18 Å². The van der Waals surface area contributed by atoms with Crippen LogP contribution < -0.4 is 10.1 Å². The highest BCUT2D eigenvalue weighted by Gasteiger charge is 2.30. The van der Waals surface area contributed by atoms with Crippen molar-refractivity contribution >= 4 is 11.3 Å². The molecule has 1 aromatic heterocycles. The molecular weight excluding hydrogens is 317 g/mol. The van der Waals surface area contributed by atoms with Gasteiger partial charge in [-0.1, -0.05) is 12.1 Å². The molecule has 2 heterocycles. The van der Waals surface area contributed by atoms with Crippen LogP contribution in [0.5, 0.6) is 11.6 Å². The molecule has 6 heteroatoms. The van der Waals surface area contributed by atoms with Gasteiger partial charge in [-0.3, -0.25) is 0 Å². The first-order valence-corrected chi connectivity index (χ1v) is 7.48. The molecule has 0 aliphatic carbocycles. The number of hydrogen-bond acceptors (Lipinski definition) is 3. The lowest BCUT2D eigenvalue weighted by Gasteiger charge is -2.30. The number of ether oxygens (including phenoxy) is 1. The standard InChI is InChI=1S/C18H17F3N2O/c1-11-10-17(2,3)23-14-7-8-15(22-16(11)14)24-13-6-4-5-12(9-13)18(19,20)21/h4-10,23H,1-3H3. The number of nitrogens with zero attached hydrogens (tertiary/aromatic N) is 1. The number of aromatic nitrogens is 1. The van der Waals surface area contributed by atoms with Crippen LogP contribution in [-0.4, -0.2) is 10.5 Å². The number of benzene rings is 1. The number of pyridine rings is 1. The lowest BCUT2D eigenvalue weighted by Crippen LogP contribution is -2.31. The molecule has 0 bridgehead atoms. The summed E-state index contributed by atoms with van der Waals surface area (Å²) in [6, 6.07) is 8.22. The molecule has 0 fully saturated rings. The van der Waals surface area contributed by atoms with Crippen molar-refractivity contribution in [2.75, 3.05) is 5.32 Å². The first-order chi connectivity index (χ1) is 11.1. The molecule has 1 aliphatic heterocycles. The summed E-state index contributed by atoms with van der Waals surface area (Å²) in [7, 11) is 0. The number of halogens is 3. The third-order valence-corrected chi connectivity index (χ3v) is 3.66. The lowest BCUT2D eigenvalue weighted by atomic mass is 9.94. The average Bonchev–Trinajstić information content (AvgIpc) is 2.46. The zero-order chi connectivity index (χ0) is 17.5. The Morgan fingerprint density at radius 2 is 1.88 bits per heavy atom. The summed E-state index contributed by atoms with van der Waals surface area (Å²) < 4.78 is 43.8. The van der Waals surface area contributed by atoms with Crippen LogP contribution >= 0.6 is 0 Å². The molecule has 0 amide bonds. The van der Waals surface area contributed by atoms with Crippen LogP contribution in [0, 0.1) is 0 Å². The fraction of sp³-hybridized carbons (Fsp3) is 0.278. The maximum atomic E-state index is 12.8. The van der Waals surface area contributed by atoms with Crippen molar-refractivity contribution in [1.29, 1.82) is 0 Å². The van der Waals surface area contributed by atoms with Gasteiger partial charge in [-0.25, -0.2) is 4.98 Å². The molecule has 2 aromatic rings. The number of hydrogen-bond donors (Lipinski definition) is 1. The molecule has 0 spiro atoms. The second kappa shape index (κ2) is 5.54. The number of alkyl halides is 3. The number of anilines is 1. The molecule has 24 heavy (non-hydrogen) atoms. The van der Waals surface area contributed by atoms with Crippen LogP contribution in [0.15, 0.2) is 42.5 Å². The maximum Gasteiger partial charge on any atom is 0.416 e. The number of allylic oxidation sites excluding steroid dienone is 1. The third-order valence-electron chi connectivity index (χ3n) is 3.66. The lowest BCUT2D eigenvalue weighted by molar-refractivity contribution is -0.137. The number of rotatable bonds is 2. The highest BCUT2D eigenvalue weighted by Crippen LogP contribution is 2.35. The Morgan fingerprint density at radius 3 is 2.58 bits per heavy atom. The molecule has 0 atom stereocenters. The second-order valence-corrected chi connectivity index (χ2v) is 6.35. The fourth-order valence-corrected chi connectivity index (χ4v) is 2.75. The fourth-order valence-electron chi connectivity index (χ4n) is 2.75. The van der Waals surface area contributed by atoms with Gasteiger partial charge in [0.2, 0.25) is 5.88 Å². The van der Waals surface area contributed by atoms with E-state index in [1.165, 1.54) is 12.1 Å². The van der Waals surface area contributed by atoms with Crippen molar-refractivity contribution in [2.24, 2.45) is 0 Å². The molecule has 1 aromatic carbocycles. The van der Waals surface area contributed by atoms with E-state index >= 15 is 0 Å². The van der Waals surface area contributed by atoms with Gasteiger partial charge in [0.25, 0.3) is 0 Å². The molecule has 1 aliphatic rings. The Kier molecular flexibility index (Phi) is 3.78. The van der Waals surface area contributed by atoms with Crippen LogP contribution in [0.1, 0.15) is 32.0 Å². The monoisotopic (exact) mass is 334 g/mol. The van der Waals surface area contributed by atoms with Crippen LogP contribution in [0.2, 0.25) is 0 Å². The van der Waals surface area contributed by atoms with Crippen molar-refractivity contribution in [3.63, 3.8) is 0 Å². The zero-order valence-electron chi connectivity index (χ0n) is 13.5. The zero-order valence-corrected chi connectivity index (χ0v) is 13.5. The smallest absolute Gasteiger partial charge is 0.416 e. The minimum atomic E-state index is -4.41.